The molecule has 0 fully saturated rings. The van der Waals surface area contributed by atoms with Gasteiger partial charge in [-0.15, -0.1) is 0 Å². The van der Waals surface area contributed by atoms with Crippen LogP contribution in [0.2, 0.25) is 0 Å². The van der Waals surface area contributed by atoms with Gasteiger partial charge in [-0.3, -0.25) is 0 Å². The molecular formula is C16H20N4S. The van der Waals surface area contributed by atoms with Gasteiger partial charge in [-0.1, -0.05) is 26.0 Å². The molecule has 0 unspecified atom stereocenters. The summed E-state index contributed by atoms with van der Waals surface area (Å²) in [6, 6.07) is 10.2. The second-order valence-electron chi connectivity index (χ2n) is 5.33. The van der Waals surface area contributed by atoms with Crippen LogP contribution < -0.4 is 10.6 Å². The highest BCUT2D eigenvalue weighted by atomic mass is 32.1. The SMILES string of the molecule is Cc1cc(C)nc(NC(=S)Nc2ccc(C(C)C)cc2)n1. The standard InChI is InChI=1S/C16H20N4S/c1-10(2)13-5-7-14(8-6-13)19-16(21)20-15-17-11(3)9-12(4)18-15/h5-10H,1-4H3,(H2,17,18,19,20,21). The van der Waals surface area contributed by atoms with Gasteiger partial charge in [0.1, 0.15) is 0 Å². The molecule has 1 aromatic carbocycles. The van der Waals surface area contributed by atoms with E-state index in [0.29, 0.717) is 17.0 Å². The highest BCUT2D eigenvalue weighted by Gasteiger charge is 2.04. The molecule has 0 aliphatic rings. The van der Waals surface area contributed by atoms with Crippen LogP contribution in [0.3, 0.4) is 0 Å². The zero-order valence-electron chi connectivity index (χ0n) is 12.8. The van der Waals surface area contributed by atoms with Crippen molar-refractivity contribution >= 4 is 29.0 Å². The summed E-state index contributed by atoms with van der Waals surface area (Å²) in [5.74, 6) is 1.04. The van der Waals surface area contributed by atoms with E-state index >= 15 is 0 Å². The van der Waals surface area contributed by atoms with Crippen molar-refractivity contribution < 1.29 is 0 Å². The van der Waals surface area contributed by atoms with Crippen LogP contribution in [-0.2, 0) is 0 Å². The fraction of sp³-hybridized carbons (Fsp3) is 0.312. The predicted molar refractivity (Wildman–Crippen MR) is 91.9 cm³/mol. The Morgan fingerprint density at radius 2 is 1.57 bits per heavy atom. The van der Waals surface area contributed by atoms with E-state index in [-0.39, 0.29) is 0 Å². The average molecular weight is 300 g/mol. The van der Waals surface area contributed by atoms with Gasteiger partial charge in [0.05, 0.1) is 0 Å². The summed E-state index contributed by atoms with van der Waals surface area (Å²) in [5.41, 5.74) is 4.07. The minimum absolute atomic E-state index is 0.484. The largest absolute Gasteiger partial charge is 0.332 e. The van der Waals surface area contributed by atoms with E-state index < -0.39 is 0 Å². The van der Waals surface area contributed by atoms with Gasteiger partial charge in [0.25, 0.3) is 0 Å². The summed E-state index contributed by atoms with van der Waals surface area (Å²) in [7, 11) is 0. The molecule has 0 bridgehead atoms. The maximum atomic E-state index is 5.29. The second-order valence-corrected chi connectivity index (χ2v) is 5.74. The van der Waals surface area contributed by atoms with Crippen LogP contribution in [0.5, 0.6) is 0 Å². The summed E-state index contributed by atoms with van der Waals surface area (Å²) in [4.78, 5) is 8.61. The van der Waals surface area contributed by atoms with Crippen LogP contribution in [-0.4, -0.2) is 15.1 Å². The van der Waals surface area contributed by atoms with Crippen molar-refractivity contribution in [3.8, 4) is 0 Å². The number of aryl methyl sites for hydroxylation is 2. The van der Waals surface area contributed by atoms with Gasteiger partial charge in [0.2, 0.25) is 5.95 Å². The molecule has 0 radical (unpaired) electrons. The number of anilines is 2. The van der Waals surface area contributed by atoms with E-state index in [2.05, 4.69) is 46.6 Å². The second kappa shape index (κ2) is 6.63. The number of thiocarbonyl (C=S) groups is 1. The highest BCUT2D eigenvalue weighted by molar-refractivity contribution is 7.80. The Morgan fingerprint density at radius 1 is 1.00 bits per heavy atom. The van der Waals surface area contributed by atoms with Crippen molar-refractivity contribution in [3.05, 3.63) is 47.3 Å². The molecule has 5 heteroatoms. The maximum absolute atomic E-state index is 5.29. The van der Waals surface area contributed by atoms with Crippen LogP contribution in [0.15, 0.2) is 30.3 Å². The first-order valence-electron chi connectivity index (χ1n) is 6.94. The molecular weight excluding hydrogens is 280 g/mol. The van der Waals surface area contributed by atoms with Crippen molar-refractivity contribution in [2.24, 2.45) is 0 Å². The molecule has 4 nitrogen and oxygen atoms in total. The molecule has 0 aliphatic heterocycles. The first kappa shape index (κ1) is 15.4. The average Bonchev–Trinajstić information content (AvgIpc) is 2.37. The Morgan fingerprint density at radius 3 is 2.10 bits per heavy atom. The van der Waals surface area contributed by atoms with Crippen molar-refractivity contribution in [3.63, 3.8) is 0 Å². The summed E-state index contributed by atoms with van der Waals surface area (Å²) in [5, 5.41) is 6.63. The van der Waals surface area contributed by atoms with Crippen molar-refractivity contribution in [2.75, 3.05) is 10.6 Å². The molecule has 0 atom stereocenters. The maximum Gasteiger partial charge on any atom is 0.229 e. The third-order valence-corrected chi connectivity index (χ3v) is 3.25. The van der Waals surface area contributed by atoms with Crippen LogP contribution in [0.1, 0.15) is 36.7 Å². The van der Waals surface area contributed by atoms with E-state index in [0.717, 1.165) is 17.1 Å². The predicted octanol–water partition coefficient (Wildman–Crippen LogP) is 4.03. The summed E-state index contributed by atoms with van der Waals surface area (Å²) in [6.07, 6.45) is 0. The van der Waals surface area contributed by atoms with Crippen molar-refractivity contribution in [1.82, 2.24) is 9.97 Å². The van der Waals surface area contributed by atoms with Gasteiger partial charge in [-0.05, 0) is 55.7 Å². The Labute approximate surface area is 131 Å². The molecule has 110 valence electrons. The number of nitrogens with zero attached hydrogens (tertiary/aromatic N) is 2. The molecule has 1 heterocycles. The third kappa shape index (κ3) is 4.49. The van der Waals surface area contributed by atoms with E-state index in [4.69, 9.17) is 12.2 Å². The molecule has 21 heavy (non-hydrogen) atoms. The van der Waals surface area contributed by atoms with Gasteiger partial charge in [-0.25, -0.2) is 9.97 Å². The lowest BCUT2D eigenvalue weighted by Crippen LogP contribution is -2.21. The monoisotopic (exact) mass is 300 g/mol. The Balaban J connectivity index is 2.01. The van der Waals surface area contributed by atoms with Crippen molar-refractivity contribution in [1.29, 1.82) is 0 Å². The smallest absolute Gasteiger partial charge is 0.229 e. The van der Waals surface area contributed by atoms with Gasteiger partial charge in [0.15, 0.2) is 5.11 Å². The van der Waals surface area contributed by atoms with Crippen LogP contribution in [0.25, 0.3) is 0 Å². The molecule has 0 amide bonds. The Hall–Kier alpha value is -2.01. The van der Waals surface area contributed by atoms with E-state index in [1.165, 1.54) is 5.56 Å². The molecule has 2 N–H and O–H groups in total. The number of benzene rings is 1. The number of aromatic nitrogens is 2. The van der Waals surface area contributed by atoms with Crippen LogP contribution >= 0.6 is 12.2 Å². The van der Waals surface area contributed by atoms with Gasteiger partial charge in [0, 0.05) is 17.1 Å². The Kier molecular flexibility index (Phi) is 4.85. The minimum Gasteiger partial charge on any atom is -0.332 e. The zero-order chi connectivity index (χ0) is 15.4. The quantitative estimate of drug-likeness (QED) is 0.838. The first-order chi connectivity index (χ1) is 9.94. The topological polar surface area (TPSA) is 49.8 Å². The molecule has 1 aromatic heterocycles. The van der Waals surface area contributed by atoms with E-state index in [9.17, 15) is 0 Å². The molecule has 2 rings (SSSR count). The summed E-state index contributed by atoms with van der Waals surface area (Å²) >= 11 is 5.29. The van der Waals surface area contributed by atoms with Gasteiger partial charge < -0.3 is 10.6 Å². The number of hydrogen-bond donors (Lipinski definition) is 2. The molecule has 0 saturated heterocycles. The fourth-order valence-corrected chi connectivity index (χ4v) is 2.21. The van der Waals surface area contributed by atoms with Crippen LogP contribution in [0, 0.1) is 13.8 Å². The molecule has 0 saturated carbocycles. The van der Waals surface area contributed by atoms with Crippen LogP contribution in [0.4, 0.5) is 11.6 Å². The summed E-state index contributed by atoms with van der Waals surface area (Å²) in [6.45, 7) is 8.21. The molecule has 0 spiro atoms. The van der Waals surface area contributed by atoms with E-state index in [1.54, 1.807) is 0 Å². The lowest BCUT2D eigenvalue weighted by Gasteiger charge is -2.11. The molecule has 0 aliphatic carbocycles. The molecule has 2 aromatic rings. The minimum atomic E-state index is 0.484. The van der Waals surface area contributed by atoms with Gasteiger partial charge >= 0.3 is 0 Å². The lowest BCUT2D eigenvalue weighted by molar-refractivity contribution is 0.867. The number of rotatable bonds is 3. The number of hydrogen-bond acceptors (Lipinski definition) is 3. The fourth-order valence-electron chi connectivity index (χ4n) is 2.00. The van der Waals surface area contributed by atoms with E-state index in [1.807, 2.05) is 32.0 Å². The first-order valence-corrected chi connectivity index (χ1v) is 7.35. The van der Waals surface area contributed by atoms with Crippen molar-refractivity contribution in [2.45, 2.75) is 33.6 Å². The third-order valence-electron chi connectivity index (χ3n) is 3.04. The zero-order valence-corrected chi connectivity index (χ0v) is 13.6. The Bertz CT molecular complexity index is 615. The number of nitrogens with one attached hydrogen (secondary N) is 2. The normalized spacial score (nSPS) is 10.5. The highest BCUT2D eigenvalue weighted by Crippen LogP contribution is 2.17. The summed E-state index contributed by atoms with van der Waals surface area (Å²) < 4.78 is 0. The lowest BCUT2D eigenvalue weighted by atomic mass is 10.0. The van der Waals surface area contributed by atoms with Gasteiger partial charge in [-0.2, -0.15) is 0 Å².